The summed E-state index contributed by atoms with van der Waals surface area (Å²) in [7, 11) is 4.62. The number of nitrogen functional groups attached to an aromatic ring is 1. The molecule has 526 valence electrons. The Labute approximate surface area is 580 Å². The lowest BCUT2D eigenvalue weighted by Crippen LogP contribution is -2.85. The number of carbonyl (C=O) groups is 7. The zero-order chi connectivity index (χ0) is 71.4. The Morgan fingerprint density at radius 3 is 2.17 bits per heavy atom. The second kappa shape index (κ2) is 27.7. The molecule has 4 aliphatic carbocycles. The van der Waals surface area contributed by atoms with Gasteiger partial charge in [0, 0.05) is 79.1 Å². The highest BCUT2D eigenvalue weighted by Crippen LogP contribution is 2.67. The van der Waals surface area contributed by atoms with Gasteiger partial charge < -0.3 is 68.6 Å². The van der Waals surface area contributed by atoms with Gasteiger partial charge in [0.05, 0.1) is 54.8 Å². The van der Waals surface area contributed by atoms with E-state index in [1.54, 1.807) is 143 Å². The number of rotatable bonds is 20. The Hall–Kier alpha value is -9.30. The molecule has 28 nitrogen and oxygen atoms in total. The number of ether oxygens (including phenoxy) is 8. The van der Waals surface area contributed by atoms with Crippen LogP contribution in [0.15, 0.2) is 149 Å². The van der Waals surface area contributed by atoms with Crippen molar-refractivity contribution in [2.75, 3.05) is 33.2 Å². The summed E-state index contributed by atoms with van der Waals surface area (Å²) in [6.07, 6.45) is -8.21. The number of aliphatic hydroxyl groups excluding tert-OH is 1. The van der Waals surface area contributed by atoms with Crippen LogP contribution in [0.5, 0.6) is 0 Å². The topological polar surface area (TPSA) is 375 Å². The number of carbonyl (C=O) groups excluding carboxylic acids is 7. The van der Waals surface area contributed by atoms with E-state index in [4.69, 9.17) is 48.5 Å². The fourth-order valence-electron chi connectivity index (χ4n) is 15.5. The number of nitrogens with two attached hydrogens (primary N) is 1. The van der Waals surface area contributed by atoms with Crippen molar-refractivity contribution in [3.63, 3.8) is 0 Å². The van der Waals surface area contributed by atoms with Crippen molar-refractivity contribution < 1.29 is 86.5 Å². The molecule has 4 aromatic carbocycles. The first kappa shape index (κ1) is 70.6. The predicted octanol–water partition coefficient (Wildman–Crippen LogP) is 6.70. The minimum Gasteiger partial charge on any atom is -0.455 e. The summed E-state index contributed by atoms with van der Waals surface area (Å²) in [6.45, 7) is 9.64. The normalized spacial score (nSPS) is 28.7. The summed E-state index contributed by atoms with van der Waals surface area (Å²) in [5, 5.41) is 37.5. The standard InChI is InChI=1S/C70H75N9O19S2/c1-36-46(30-69(89)58(96-62(86)41-25-17-12-18-26-41)56-68(7,57(83)54(93-37(2)80)49(36)66(69,4)5)48(82)31-67(6)70(56,34-92-67)97-38(3)81)94-63(87)55(50(39-21-13-10-14-22-39)73-60(84)40-23-15-11-16-24-40)95-65(88)100-99-47-28-20-19-27-43(47)44-32-79(77-76-44)98-53-45(29-42(33-90-8)52(53)91-9)78-35-72-51-59(78)74-64(71)75-61(51)85/h10-28,32,35,42,45-46,48,50,52-56,58,82,89H,29-31,33-34H2,1-9H3,(H,73,84)(H3,71,74,75,85)/t42?,45?,46-,48-,50-,52?,53?,54+,55+,56-,58-,67+,68+,69+,70+/m0/s1. The van der Waals surface area contributed by atoms with E-state index in [9.17, 15) is 39.0 Å². The van der Waals surface area contributed by atoms with Crippen LogP contribution in [0.25, 0.3) is 22.4 Å². The highest BCUT2D eigenvalue weighted by Gasteiger charge is 2.81. The number of methoxy groups -OCH3 is 2. The highest BCUT2D eigenvalue weighted by molar-refractivity contribution is 8.82. The number of hydrogen-bond acceptors (Lipinski definition) is 26. The van der Waals surface area contributed by atoms with E-state index in [0.717, 1.165) is 24.6 Å². The smallest absolute Gasteiger partial charge is 0.379 e. The van der Waals surface area contributed by atoms with Gasteiger partial charge in [0.1, 0.15) is 41.2 Å². The van der Waals surface area contributed by atoms with Gasteiger partial charge in [0.25, 0.3) is 11.5 Å². The average molecular weight is 1410 g/mol. The van der Waals surface area contributed by atoms with Crippen molar-refractivity contribution in [2.45, 2.75) is 144 Å². The maximum atomic E-state index is 16.1. The number of esters is 4. The maximum Gasteiger partial charge on any atom is 0.379 e. The van der Waals surface area contributed by atoms with E-state index in [-0.39, 0.29) is 57.3 Å². The Balaban J connectivity index is 0.898. The van der Waals surface area contributed by atoms with Crippen LogP contribution in [0.1, 0.15) is 106 Å². The molecule has 3 saturated carbocycles. The first-order chi connectivity index (χ1) is 47.7. The van der Waals surface area contributed by atoms with Crippen LogP contribution in [0, 0.1) is 22.7 Å². The first-order valence-corrected chi connectivity index (χ1v) is 34.4. The SMILES string of the molecule is COCC1CC(n2cnc3c(=O)[nH]c(N)nc32)C(On2cc(-c3ccccc3SSC(=O)O[C@@H](C(=O)O[C@H]3C[C@@]4(O)[C@@H](OC(=O)c5ccccc5)[C@H]5[C@](C)(C(=O)[C@H](OC(C)=O)C(=C3C)C4(C)C)[C@@H](O)C[C@@]3(C)OC[C@@]53OC(C)=O)[C@@H](NC(=O)c3ccccc3)c3ccccc3)nn2)C1OC. The van der Waals surface area contributed by atoms with Crippen molar-refractivity contribution >= 4 is 79.6 Å². The lowest BCUT2D eigenvalue weighted by Gasteiger charge is -2.70. The van der Waals surface area contributed by atoms with Crippen molar-refractivity contribution in [1.29, 1.82) is 0 Å². The fraction of sp³-hybridized carbons (Fsp3) is 0.429. The number of aliphatic hydroxyl groups is 2. The number of aromatic amines is 1. The molecule has 5 aliphatic rings. The lowest BCUT2D eigenvalue weighted by molar-refractivity contribution is -0.383. The van der Waals surface area contributed by atoms with Gasteiger partial charge in [0.15, 0.2) is 34.8 Å². The Morgan fingerprint density at radius 1 is 0.850 bits per heavy atom. The van der Waals surface area contributed by atoms with Gasteiger partial charge in [0.2, 0.25) is 12.1 Å². The van der Waals surface area contributed by atoms with Gasteiger partial charge in [-0.2, -0.15) is 4.98 Å². The molecule has 1 aliphatic heterocycles. The molecule has 100 heavy (non-hydrogen) atoms. The number of nitrogens with one attached hydrogen (secondary N) is 2. The Kier molecular flexibility index (Phi) is 19.5. The Bertz CT molecular complexity index is 4400. The van der Waals surface area contributed by atoms with E-state index in [1.807, 2.05) is 0 Å². The third kappa shape index (κ3) is 12.5. The van der Waals surface area contributed by atoms with Gasteiger partial charge >= 0.3 is 29.2 Å². The number of Topliss-reactive ketones (excluding diaryl/α,β-unsaturated/α-hetero) is 1. The van der Waals surface area contributed by atoms with Gasteiger partial charge in [-0.25, -0.2) is 19.4 Å². The van der Waals surface area contributed by atoms with Crippen LogP contribution in [0.3, 0.4) is 0 Å². The third-order valence-electron chi connectivity index (χ3n) is 20.5. The lowest BCUT2D eigenvalue weighted by atomic mass is 9.42. The molecule has 4 unspecified atom stereocenters. The number of anilines is 1. The van der Waals surface area contributed by atoms with E-state index in [1.165, 1.54) is 43.3 Å². The van der Waals surface area contributed by atoms with E-state index >= 15 is 9.59 Å². The van der Waals surface area contributed by atoms with Gasteiger partial charge in [-0.1, -0.05) is 104 Å². The molecule has 0 spiro atoms. The average Bonchev–Trinajstić information content (AvgIpc) is 0.810. The predicted molar refractivity (Wildman–Crippen MR) is 358 cm³/mol. The number of H-pyrrole nitrogens is 1. The van der Waals surface area contributed by atoms with E-state index in [0.29, 0.717) is 40.0 Å². The number of ketones is 1. The molecule has 4 heterocycles. The summed E-state index contributed by atoms with van der Waals surface area (Å²) in [5.74, 6) is -7.68. The highest BCUT2D eigenvalue weighted by atomic mass is 33.1. The molecule has 3 aromatic heterocycles. The minimum absolute atomic E-state index is 0.0125. The molecule has 15 atom stereocenters. The molecule has 1 saturated heterocycles. The van der Waals surface area contributed by atoms with Crippen LogP contribution < -0.4 is 21.4 Å². The number of imidazole rings is 1. The first-order valence-electron chi connectivity index (χ1n) is 32.2. The summed E-state index contributed by atoms with van der Waals surface area (Å²) in [4.78, 5) is 135. The van der Waals surface area contributed by atoms with Crippen LogP contribution in [0.4, 0.5) is 10.7 Å². The second-order valence-electron chi connectivity index (χ2n) is 26.6. The quantitative estimate of drug-likeness (QED) is 0.0229. The molecular weight excluding hydrogens is 1330 g/mol. The number of hydrogen-bond donors (Lipinski definition) is 5. The van der Waals surface area contributed by atoms with Crippen molar-refractivity contribution in [3.05, 3.63) is 166 Å². The second-order valence-corrected chi connectivity index (χ2v) is 28.7. The van der Waals surface area contributed by atoms with E-state index in [2.05, 4.69) is 30.6 Å². The number of fused-ring (bicyclic) bond motifs is 6. The number of aromatic nitrogens is 7. The molecule has 4 fully saturated rings. The van der Waals surface area contributed by atoms with Crippen molar-refractivity contribution in [1.82, 2.24) is 40.0 Å². The largest absolute Gasteiger partial charge is 0.455 e. The maximum absolute atomic E-state index is 16.1. The number of amides is 1. The van der Waals surface area contributed by atoms with Crippen molar-refractivity contribution in [2.24, 2.45) is 22.7 Å². The van der Waals surface area contributed by atoms with Gasteiger partial charge in [-0.15, -0.1) is 5.10 Å². The monoisotopic (exact) mass is 1410 g/mol. The van der Waals surface area contributed by atoms with E-state index < -0.39 is 148 Å². The molecule has 30 heteroatoms. The summed E-state index contributed by atoms with van der Waals surface area (Å²) in [5.41, 5.74) is -3.07. The van der Waals surface area contributed by atoms with Crippen LogP contribution in [-0.4, -0.2) is 173 Å². The zero-order valence-electron chi connectivity index (χ0n) is 55.9. The third-order valence-corrected chi connectivity index (χ3v) is 22.5. The zero-order valence-corrected chi connectivity index (χ0v) is 57.6. The Morgan fingerprint density at radius 2 is 1.52 bits per heavy atom. The molecule has 1 amide bonds. The molecule has 6 N–H and O–H groups in total. The number of nitrogens with zero attached hydrogens (tertiary/aromatic N) is 6. The summed E-state index contributed by atoms with van der Waals surface area (Å²) >= 11 is 0. The summed E-state index contributed by atoms with van der Waals surface area (Å²) < 4.78 is 51.3. The molecule has 2 bridgehead atoms. The van der Waals surface area contributed by atoms with Crippen molar-refractivity contribution in [3.8, 4) is 11.3 Å². The number of benzene rings is 4. The summed E-state index contributed by atoms with van der Waals surface area (Å²) in [6, 6.07) is 28.9. The van der Waals surface area contributed by atoms with Crippen LogP contribution >= 0.6 is 21.6 Å². The molecule has 12 rings (SSSR count). The minimum atomic E-state index is -2.56. The van der Waals surface area contributed by atoms with Gasteiger partial charge in [-0.05, 0) is 90.2 Å². The van der Waals surface area contributed by atoms with Gasteiger partial charge in [-0.3, -0.25) is 29.0 Å². The molecular formula is C70H75N9O19S2. The molecule has 0 radical (unpaired) electrons. The molecule has 7 aromatic rings. The van der Waals surface area contributed by atoms with Crippen LogP contribution in [0.2, 0.25) is 0 Å². The van der Waals surface area contributed by atoms with Crippen LogP contribution in [-0.2, 0) is 57.1 Å². The fourth-order valence-corrected chi connectivity index (χ4v) is 17.2.